The number of hydrogen-bond acceptors (Lipinski definition) is 1. The summed E-state index contributed by atoms with van der Waals surface area (Å²) in [6, 6.07) is 0. The molecule has 0 aliphatic carbocycles. The first-order valence-electron chi connectivity index (χ1n) is 1.20. The van der Waals surface area contributed by atoms with Crippen molar-refractivity contribution in [3.63, 3.8) is 0 Å². The molecule has 4 heavy (non-hydrogen) atoms. The Hall–Kier alpha value is -0.330. The summed E-state index contributed by atoms with van der Waals surface area (Å²) in [6.07, 6.45) is 0. The van der Waals surface area contributed by atoms with Crippen molar-refractivity contribution in [2.75, 3.05) is 0 Å². The largest absolute Gasteiger partial charge is 0.300 e. The van der Waals surface area contributed by atoms with Gasteiger partial charge in [0.25, 0.3) is 0 Å². The molecule has 0 saturated carbocycles. The van der Waals surface area contributed by atoms with Crippen LogP contribution in [-0.4, -0.2) is 5.78 Å². The van der Waals surface area contributed by atoms with Gasteiger partial charge in [-0.25, -0.2) is 0 Å². The van der Waals surface area contributed by atoms with Gasteiger partial charge < -0.3 is 4.79 Å². The number of Topliss-reactive ketones (excluding diaryl/α,β-unsaturated/α-hetero) is 1. The minimum Gasteiger partial charge on any atom is -0.300 e. The van der Waals surface area contributed by atoms with Crippen LogP contribution in [0.15, 0.2) is 0 Å². The standard InChI is InChI=1S/C3H6O/c1-3(2)4/h1-2H3/i1-2. The number of carbonyl (C=O) groups excluding carboxylic acids is 1. The van der Waals surface area contributed by atoms with Gasteiger partial charge in [-0.3, -0.25) is 0 Å². The number of rotatable bonds is 0. The van der Waals surface area contributed by atoms with Crippen LogP contribution in [0.25, 0.3) is 0 Å². The molecule has 0 heterocycles. The second kappa shape index (κ2) is 1.04. The van der Waals surface area contributed by atoms with Crippen LogP contribution >= 0.6 is 0 Å². The van der Waals surface area contributed by atoms with Gasteiger partial charge in [0.05, 0.1) is 0 Å². The Kier molecular flexibility index (Phi) is 0.958. The highest BCUT2D eigenvalue weighted by Crippen LogP contribution is 1.50. The summed E-state index contributed by atoms with van der Waals surface area (Å²) >= 11 is 0. The van der Waals surface area contributed by atoms with Crippen LogP contribution in [0.4, 0.5) is 0 Å². The first-order valence-corrected chi connectivity index (χ1v) is 1.20. The molecule has 0 rings (SSSR count). The average Bonchev–Trinajstić information content (AvgIpc) is 0.811. The molecule has 0 aromatic carbocycles. The molecule has 0 unspecified atom stereocenters. The topological polar surface area (TPSA) is 17.1 Å². The highest BCUT2D eigenvalue weighted by molar-refractivity contribution is 5.72. The van der Waals surface area contributed by atoms with Crippen molar-refractivity contribution >= 4 is 5.78 Å². The summed E-state index contributed by atoms with van der Waals surface area (Å²) in [5.41, 5.74) is 0. The van der Waals surface area contributed by atoms with E-state index in [2.05, 4.69) is 0 Å². The predicted molar refractivity (Wildman–Crippen MR) is 16.4 cm³/mol. The zero-order valence-corrected chi connectivity index (χ0v) is 2.91. The van der Waals surface area contributed by atoms with E-state index >= 15 is 0 Å². The van der Waals surface area contributed by atoms with E-state index in [4.69, 9.17) is 0 Å². The summed E-state index contributed by atoms with van der Waals surface area (Å²) in [7, 11) is 0. The Balaban J connectivity index is 2.80. The van der Waals surface area contributed by atoms with E-state index in [1.807, 2.05) is 0 Å². The lowest BCUT2D eigenvalue weighted by Gasteiger charge is -1.56. The third-order valence-electron chi connectivity index (χ3n) is 0. The Morgan fingerprint density at radius 3 is 2.00 bits per heavy atom. The smallest absolute Gasteiger partial charge is 0.126 e. The molecule has 1 heteroatoms. The monoisotopic (exact) mass is 56.1 g/mol. The second-order valence-corrected chi connectivity index (χ2v) is 0.908. The Morgan fingerprint density at radius 1 is 2.00 bits per heavy atom. The normalized spacial score (nSPS) is 6.50. The lowest BCUT2D eigenvalue weighted by Crippen LogP contribution is -1.69. The first-order chi connectivity index (χ1) is 1.73. The molecule has 0 spiro atoms. The molecule has 0 aliphatic rings. The van der Waals surface area contributed by atoms with Gasteiger partial charge in [-0.1, -0.05) is 0 Å². The van der Waals surface area contributed by atoms with Gasteiger partial charge in [0.15, 0.2) is 0 Å². The third kappa shape index (κ3) is 6.88. The number of hydrogen-bond donors (Lipinski definition) is 0. The van der Waals surface area contributed by atoms with Crippen LogP contribution in [-0.2, 0) is 4.79 Å². The quantitative estimate of drug-likeness (QED) is 0.397. The van der Waals surface area contributed by atoms with Crippen molar-refractivity contribution < 1.29 is 4.79 Å². The van der Waals surface area contributed by atoms with E-state index in [0.29, 0.717) is 0 Å². The maximum Gasteiger partial charge on any atom is 0.126 e. The van der Waals surface area contributed by atoms with Crippen LogP contribution in [0.5, 0.6) is 0 Å². The minimum absolute atomic E-state index is 0.167. The average molecular weight is 56.1 g/mol. The predicted octanol–water partition coefficient (Wildman–Crippen LogP) is 0.595. The Labute approximate surface area is 25.6 Å². The zero-order valence-electron chi connectivity index (χ0n) is 2.91. The van der Waals surface area contributed by atoms with Crippen molar-refractivity contribution in [2.24, 2.45) is 0 Å². The van der Waals surface area contributed by atoms with E-state index in [1.165, 1.54) is 13.8 Å². The molecule has 0 aromatic heterocycles. The summed E-state index contributed by atoms with van der Waals surface area (Å²) in [4.78, 5) is 9.44. The van der Waals surface area contributed by atoms with Crippen LogP contribution in [0.1, 0.15) is 13.8 Å². The molecule has 0 aromatic rings. The summed E-state index contributed by atoms with van der Waals surface area (Å²) in [5.74, 6) is 0.167. The molecule has 0 radical (unpaired) electrons. The number of carbonyl (C=O) groups is 1. The lowest BCUT2D eigenvalue weighted by atomic mass is 9.52. The van der Waals surface area contributed by atoms with Crippen LogP contribution in [0.3, 0.4) is 0 Å². The van der Waals surface area contributed by atoms with Gasteiger partial charge in [-0.15, -0.1) is 0 Å². The molecule has 0 aliphatic heterocycles. The van der Waals surface area contributed by atoms with Crippen LogP contribution in [0, 0.1) is 0 Å². The van der Waals surface area contributed by atoms with Crippen molar-refractivity contribution in [1.82, 2.24) is 0 Å². The first kappa shape index (κ1) is 3.67. The molecule has 24 valence electrons. The van der Waals surface area contributed by atoms with Gasteiger partial charge in [0, 0.05) is 0 Å². The van der Waals surface area contributed by atoms with Crippen molar-refractivity contribution in [1.29, 1.82) is 0 Å². The minimum atomic E-state index is 0.167. The van der Waals surface area contributed by atoms with E-state index in [-0.39, 0.29) is 5.78 Å². The third-order valence-corrected chi connectivity index (χ3v) is 0. The van der Waals surface area contributed by atoms with E-state index < -0.39 is 0 Å². The molecule has 0 amide bonds. The van der Waals surface area contributed by atoms with Crippen molar-refractivity contribution in [3.8, 4) is 0 Å². The Bertz CT molecular complexity index is 26.3. The van der Waals surface area contributed by atoms with Gasteiger partial charge in [0.2, 0.25) is 0 Å². The van der Waals surface area contributed by atoms with E-state index in [9.17, 15) is 4.79 Å². The van der Waals surface area contributed by atoms with Crippen molar-refractivity contribution in [3.05, 3.63) is 0 Å². The number of ketones is 1. The fourth-order valence-corrected chi connectivity index (χ4v) is 0. The molecule has 1 nitrogen and oxygen atoms in total. The van der Waals surface area contributed by atoms with E-state index in [1.54, 1.807) is 0 Å². The molecule has 0 atom stereocenters. The summed E-state index contributed by atoms with van der Waals surface area (Å²) in [6.45, 7) is 3.06. The van der Waals surface area contributed by atoms with Crippen molar-refractivity contribution in [2.45, 2.75) is 13.8 Å². The summed E-state index contributed by atoms with van der Waals surface area (Å²) < 4.78 is 0. The van der Waals surface area contributed by atoms with Gasteiger partial charge >= 0.3 is 0 Å². The van der Waals surface area contributed by atoms with Gasteiger partial charge in [0.1, 0.15) is 5.78 Å². The SMILES string of the molecule is CC([10CH3])=O. The molecule has 0 fully saturated rings. The van der Waals surface area contributed by atoms with E-state index in [0.717, 1.165) is 0 Å². The van der Waals surface area contributed by atoms with Gasteiger partial charge in [-0.2, -0.15) is 0 Å². The highest BCUT2D eigenvalue weighted by Gasteiger charge is 1.62. The fraction of sp³-hybridized carbons (Fsp3) is 0.667. The molecule has 0 N–H and O–H groups in total. The highest BCUT2D eigenvalue weighted by atomic mass is 16.1. The molecular formula is C3H6O. The fourth-order valence-electron chi connectivity index (χ4n) is 0. The van der Waals surface area contributed by atoms with Crippen LogP contribution < -0.4 is 0 Å². The lowest BCUT2D eigenvalue weighted by molar-refractivity contribution is -0.114. The summed E-state index contributed by atoms with van der Waals surface area (Å²) in [5, 5.41) is 0. The molecule has 0 saturated heterocycles. The molecular weight excluding hydrogens is 50.0 g/mol. The van der Waals surface area contributed by atoms with Gasteiger partial charge in [-0.05, 0) is 13.8 Å². The Morgan fingerprint density at radius 2 is 2.00 bits per heavy atom. The maximum absolute atomic E-state index is 9.44. The molecule has 0 bridgehead atoms. The van der Waals surface area contributed by atoms with Crippen LogP contribution in [0.2, 0.25) is 0 Å². The zero-order chi connectivity index (χ0) is 3.58. The second-order valence-electron chi connectivity index (χ2n) is 0.908. The maximum atomic E-state index is 9.44.